The van der Waals surface area contributed by atoms with Gasteiger partial charge in [-0.3, -0.25) is 4.79 Å². The normalized spacial score (nSPS) is 10.4. The minimum absolute atomic E-state index is 0.0196. The largest absolute Gasteiger partial charge is 0.486 e. The van der Waals surface area contributed by atoms with E-state index in [9.17, 15) is 9.59 Å². The van der Waals surface area contributed by atoms with Crippen LogP contribution in [0, 0.1) is 13.8 Å². The van der Waals surface area contributed by atoms with Crippen LogP contribution < -0.4 is 10.1 Å². The molecular weight excluding hydrogens is 358 g/mol. The molecule has 1 aromatic heterocycles. The van der Waals surface area contributed by atoms with Crippen LogP contribution in [0.25, 0.3) is 0 Å². The fourth-order valence-corrected chi connectivity index (χ4v) is 2.50. The van der Waals surface area contributed by atoms with E-state index in [1.807, 2.05) is 62.4 Å². The molecule has 0 bridgehead atoms. The number of rotatable bonds is 7. The van der Waals surface area contributed by atoms with Gasteiger partial charge in [-0.1, -0.05) is 30.3 Å². The van der Waals surface area contributed by atoms with Crippen molar-refractivity contribution in [1.29, 1.82) is 0 Å². The minimum Gasteiger partial charge on any atom is -0.486 e. The molecule has 3 rings (SSSR count). The number of hydrogen-bond acceptors (Lipinski definition) is 5. The molecule has 2 aromatic carbocycles. The van der Waals surface area contributed by atoms with Gasteiger partial charge in [-0.15, -0.1) is 0 Å². The van der Waals surface area contributed by atoms with Crippen LogP contribution in [-0.4, -0.2) is 18.5 Å². The Morgan fingerprint density at radius 1 is 1.00 bits per heavy atom. The van der Waals surface area contributed by atoms with Crippen molar-refractivity contribution in [2.24, 2.45) is 0 Å². The fourth-order valence-electron chi connectivity index (χ4n) is 2.50. The molecule has 28 heavy (non-hydrogen) atoms. The van der Waals surface area contributed by atoms with E-state index in [0.29, 0.717) is 17.2 Å². The molecule has 0 spiro atoms. The van der Waals surface area contributed by atoms with Crippen molar-refractivity contribution in [2.75, 3.05) is 11.9 Å². The Kier molecular flexibility index (Phi) is 6.11. The standard InChI is InChI=1S/C22H21NO5/c1-15-8-9-16(2)19(12-15)23-21(24)14-27-22(25)20-11-10-18(28-20)13-26-17-6-4-3-5-7-17/h3-12H,13-14H2,1-2H3,(H,23,24). The van der Waals surface area contributed by atoms with Gasteiger partial charge in [0.2, 0.25) is 5.76 Å². The number of esters is 1. The molecule has 6 heteroatoms. The molecule has 0 saturated carbocycles. The number of carbonyl (C=O) groups is 2. The van der Waals surface area contributed by atoms with E-state index in [1.165, 1.54) is 6.07 Å². The van der Waals surface area contributed by atoms with E-state index in [0.717, 1.165) is 11.1 Å². The van der Waals surface area contributed by atoms with Gasteiger partial charge >= 0.3 is 5.97 Å². The van der Waals surface area contributed by atoms with Crippen LogP contribution in [0.3, 0.4) is 0 Å². The fraction of sp³-hybridized carbons (Fsp3) is 0.182. The summed E-state index contributed by atoms with van der Waals surface area (Å²) >= 11 is 0. The van der Waals surface area contributed by atoms with E-state index in [4.69, 9.17) is 13.9 Å². The van der Waals surface area contributed by atoms with Crippen LogP contribution in [0.15, 0.2) is 65.1 Å². The minimum atomic E-state index is -0.706. The van der Waals surface area contributed by atoms with Gasteiger partial charge < -0.3 is 19.2 Å². The second-order valence-corrected chi connectivity index (χ2v) is 6.31. The van der Waals surface area contributed by atoms with Gasteiger partial charge in [-0.2, -0.15) is 0 Å². The van der Waals surface area contributed by atoms with E-state index >= 15 is 0 Å². The third-order valence-electron chi connectivity index (χ3n) is 3.99. The zero-order valence-electron chi connectivity index (χ0n) is 15.7. The average Bonchev–Trinajstić information content (AvgIpc) is 3.17. The first-order valence-corrected chi connectivity index (χ1v) is 8.82. The number of carbonyl (C=O) groups excluding carboxylic acids is 2. The maximum Gasteiger partial charge on any atom is 0.374 e. The predicted molar refractivity (Wildman–Crippen MR) is 104 cm³/mol. The maximum absolute atomic E-state index is 12.1. The second-order valence-electron chi connectivity index (χ2n) is 6.31. The Bertz CT molecular complexity index is 962. The lowest BCUT2D eigenvalue weighted by atomic mass is 10.1. The highest BCUT2D eigenvalue weighted by atomic mass is 16.6. The molecule has 0 radical (unpaired) electrons. The Morgan fingerprint density at radius 3 is 2.57 bits per heavy atom. The number of furan rings is 1. The molecule has 0 unspecified atom stereocenters. The highest BCUT2D eigenvalue weighted by molar-refractivity contribution is 5.95. The highest BCUT2D eigenvalue weighted by Crippen LogP contribution is 2.17. The molecule has 0 aliphatic rings. The average molecular weight is 379 g/mol. The lowest BCUT2D eigenvalue weighted by Gasteiger charge is -2.09. The quantitative estimate of drug-likeness (QED) is 0.620. The molecule has 0 fully saturated rings. The van der Waals surface area contributed by atoms with Gasteiger partial charge in [0.25, 0.3) is 5.91 Å². The molecule has 0 atom stereocenters. The van der Waals surface area contributed by atoms with E-state index in [-0.39, 0.29) is 12.4 Å². The summed E-state index contributed by atoms with van der Waals surface area (Å²) in [5.74, 6) is 0.0799. The van der Waals surface area contributed by atoms with E-state index in [2.05, 4.69) is 5.32 Å². The molecule has 0 saturated heterocycles. The third kappa shape index (κ3) is 5.23. The van der Waals surface area contributed by atoms with Gasteiger partial charge in [-0.25, -0.2) is 4.79 Å². The number of ether oxygens (including phenoxy) is 2. The summed E-state index contributed by atoms with van der Waals surface area (Å²) in [5.41, 5.74) is 2.65. The summed E-state index contributed by atoms with van der Waals surface area (Å²) in [5, 5.41) is 2.73. The summed E-state index contributed by atoms with van der Waals surface area (Å²) < 4.78 is 16.0. The Morgan fingerprint density at radius 2 is 1.79 bits per heavy atom. The Balaban J connectivity index is 1.49. The van der Waals surface area contributed by atoms with Crippen molar-refractivity contribution in [2.45, 2.75) is 20.5 Å². The van der Waals surface area contributed by atoms with Gasteiger partial charge in [0.05, 0.1) is 0 Å². The Labute approximate surface area is 163 Å². The number of benzene rings is 2. The number of para-hydroxylation sites is 1. The Hall–Kier alpha value is -3.54. The van der Waals surface area contributed by atoms with Crippen molar-refractivity contribution in [3.8, 4) is 5.75 Å². The summed E-state index contributed by atoms with van der Waals surface area (Å²) in [7, 11) is 0. The lowest BCUT2D eigenvalue weighted by Crippen LogP contribution is -2.21. The van der Waals surface area contributed by atoms with Crippen molar-refractivity contribution < 1.29 is 23.5 Å². The van der Waals surface area contributed by atoms with Gasteiger partial charge in [0.15, 0.2) is 6.61 Å². The van der Waals surface area contributed by atoms with Gasteiger partial charge in [-0.05, 0) is 55.3 Å². The number of nitrogens with one attached hydrogen (secondary N) is 1. The molecule has 1 N–H and O–H groups in total. The van der Waals surface area contributed by atoms with Crippen molar-refractivity contribution in [3.05, 3.63) is 83.3 Å². The SMILES string of the molecule is Cc1ccc(C)c(NC(=O)COC(=O)c2ccc(COc3ccccc3)o2)c1. The van der Waals surface area contributed by atoms with Crippen LogP contribution in [0.1, 0.15) is 27.4 Å². The van der Waals surface area contributed by atoms with Crippen LogP contribution in [0.5, 0.6) is 5.75 Å². The van der Waals surface area contributed by atoms with E-state index < -0.39 is 18.5 Å². The molecule has 144 valence electrons. The summed E-state index contributed by atoms with van der Waals surface area (Å²) in [6, 6.07) is 18.1. The molecule has 1 amide bonds. The first-order valence-electron chi connectivity index (χ1n) is 8.82. The van der Waals surface area contributed by atoms with Gasteiger partial charge in [0.1, 0.15) is 18.1 Å². The van der Waals surface area contributed by atoms with Gasteiger partial charge in [0, 0.05) is 5.69 Å². The monoisotopic (exact) mass is 379 g/mol. The smallest absolute Gasteiger partial charge is 0.374 e. The molecule has 1 heterocycles. The zero-order chi connectivity index (χ0) is 19.9. The van der Waals surface area contributed by atoms with Crippen LogP contribution >= 0.6 is 0 Å². The molecule has 0 aliphatic heterocycles. The number of hydrogen-bond donors (Lipinski definition) is 1. The number of anilines is 1. The van der Waals surface area contributed by atoms with Crippen molar-refractivity contribution >= 4 is 17.6 Å². The lowest BCUT2D eigenvalue weighted by molar-refractivity contribution is -0.119. The zero-order valence-corrected chi connectivity index (χ0v) is 15.7. The van der Waals surface area contributed by atoms with Crippen molar-refractivity contribution in [1.82, 2.24) is 0 Å². The number of amides is 1. The van der Waals surface area contributed by atoms with Crippen LogP contribution in [-0.2, 0) is 16.1 Å². The molecule has 6 nitrogen and oxygen atoms in total. The predicted octanol–water partition coefficient (Wildman–Crippen LogP) is 4.27. The molecular formula is C22H21NO5. The van der Waals surface area contributed by atoms with E-state index in [1.54, 1.807) is 6.07 Å². The first-order chi connectivity index (χ1) is 13.5. The third-order valence-corrected chi connectivity index (χ3v) is 3.99. The topological polar surface area (TPSA) is 77.8 Å². The number of aryl methyl sites for hydroxylation is 2. The summed E-state index contributed by atoms with van der Waals surface area (Å²) in [4.78, 5) is 24.1. The molecule has 0 aliphatic carbocycles. The first kappa shape index (κ1) is 19.2. The van der Waals surface area contributed by atoms with Crippen molar-refractivity contribution in [3.63, 3.8) is 0 Å². The maximum atomic E-state index is 12.1. The van der Waals surface area contributed by atoms with Crippen LogP contribution in [0.2, 0.25) is 0 Å². The van der Waals surface area contributed by atoms with Crippen LogP contribution in [0.4, 0.5) is 5.69 Å². The second kappa shape index (κ2) is 8.90. The highest BCUT2D eigenvalue weighted by Gasteiger charge is 2.15. The summed E-state index contributed by atoms with van der Waals surface area (Å²) in [6.45, 7) is 3.61. The molecule has 3 aromatic rings. The summed E-state index contributed by atoms with van der Waals surface area (Å²) in [6.07, 6.45) is 0.